The highest BCUT2D eigenvalue weighted by Gasteiger charge is 2.22. The highest BCUT2D eigenvalue weighted by molar-refractivity contribution is 7.89. The van der Waals surface area contributed by atoms with Gasteiger partial charge in [0.05, 0.1) is 11.4 Å². The summed E-state index contributed by atoms with van der Waals surface area (Å²) in [4.78, 5) is 6.90. The van der Waals surface area contributed by atoms with E-state index in [1.165, 1.54) is 18.6 Å². The van der Waals surface area contributed by atoms with Crippen molar-refractivity contribution in [3.05, 3.63) is 29.3 Å². The Morgan fingerprint density at radius 2 is 2.24 bits per heavy atom. The fourth-order valence-corrected chi connectivity index (χ4v) is 4.20. The summed E-state index contributed by atoms with van der Waals surface area (Å²) < 4.78 is 26.8. The summed E-state index contributed by atoms with van der Waals surface area (Å²) in [6.07, 6.45) is 2.34. The Hall–Kier alpha value is -1.35. The Kier molecular flexibility index (Phi) is 7.49. The van der Waals surface area contributed by atoms with Gasteiger partial charge >= 0.3 is 0 Å². The van der Waals surface area contributed by atoms with E-state index in [4.69, 9.17) is 17.3 Å². The van der Waals surface area contributed by atoms with E-state index in [1.54, 1.807) is 12.1 Å². The number of likely N-dealkylation sites (N-methyl/N-ethyl adjacent to an activating group) is 1. The van der Waals surface area contributed by atoms with Gasteiger partial charge in [0, 0.05) is 24.2 Å². The van der Waals surface area contributed by atoms with Gasteiger partial charge in [-0.2, -0.15) is 0 Å². The number of sulfonamides is 1. The van der Waals surface area contributed by atoms with Crippen molar-refractivity contribution in [1.29, 1.82) is 0 Å². The molecule has 0 aliphatic carbocycles. The van der Waals surface area contributed by atoms with Crippen molar-refractivity contribution in [1.82, 2.24) is 14.9 Å². The minimum atomic E-state index is -3.58. The maximum absolute atomic E-state index is 12.1. The first-order chi connectivity index (χ1) is 11.9. The SMILES string of the molecule is CCN1CCCC1CN=C(N)NCCNS(=O)(=O)c1cccc(Cl)c1. The van der Waals surface area contributed by atoms with Gasteiger partial charge in [-0.15, -0.1) is 0 Å². The zero-order valence-electron chi connectivity index (χ0n) is 14.4. The van der Waals surface area contributed by atoms with Gasteiger partial charge in [0.25, 0.3) is 0 Å². The fraction of sp³-hybridized carbons (Fsp3) is 0.562. The summed E-state index contributed by atoms with van der Waals surface area (Å²) in [5, 5.41) is 3.31. The van der Waals surface area contributed by atoms with Gasteiger partial charge in [-0.1, -0.05) is 24.6 Å². The van der Waals surface area contributed by atoms with E-state index in [0.29, 0.717) is 30.1 Å². The van der Waals surface area contributed by atoms with Crippen LogP contribution in [0.2, 0.25) is 5.02 Å². The van der Waals surface area contributed by atoms with Crippen LogP contribution in [-0.2, 0) is 10.0 Å². The molecule has 7 nitrogen and oxygen atoms in total. The minimum Gasteiger partial charge on any atom is -0.370 e. The standard InChI is InChI=1S/C16H26ClN5O2S/c1-2-22-10-4-6-14(22)12-20-16(18)19-8-9-21-25(23,24)15-7-3-5-13(17)11-15/h3,5,7,11,14,21H,2,4,6,8-10,12H2,1H3,(H3,18,19,20). The van der Waals surface area contributed by atoms with Crippen LogP contribution in [-0.4, -0.2) is 58.0 Å². The molecule has 140 valence electrons. The van der Waals surface area contributed by atoms with Crippen molar-refractivity contribution >= 4 is 27.6 Å². The molecule has 1 unspecified atom stereocenters. The molecule has 25 heavy (non-hydrogen) atoms. The molecule has 4 N–H and O–H groups in total. The Morgan fingerprint density at radius 1 is 1.44 bits per heavy atom. The van der Waals surface area contributed by atoms with E-state index < -0.39 is 10.0 Å². The van der Waals surface area contributed by atoms with Crippen molar-refractivity contribution in [2.24, 2.45) is 10.7 Å². The van der Waals surface area contributed by atoms with Crippen molar-refractivity contribution in [2.45, 2.75) is 30.7 Å². The van der Waals surface area contributed by atoms with Crippen LogP contribution in [0.4, 0.5) is 0 Å². The summed E-state index contributed by atoms with van der Waals surface area (Å²) in [7, 11) is -3.58. The Morgan fingerprint density at radius 3 is 2.96 bits per heavy atom. The third kappa shape index (κ3) is 6.14. The van der Waals surface area contributed by atoms with E-state index in [9.17, 15) is 8.42 Å². The van der Waals surface area contributed by atoms with Crippen LogP contribution >= 0.6 is 11.6 Å². The van der Waals surface area contributed by atoms with Crippen molar-refractivity contribution in [3.8, 4) is 0 Å². The molecule has 0 aromatic heterocycles. The molecular weight excluding hydrogens is 362 g/mol. The van der Waals surface area contributed by atoms with Gasteiger partial charge in [0.2, 0.25) is 10.0 Å². The zero-order chi connectivity index (χ0) is 18.3. The smallest absolute Gasteiger partial charge is 0.240 e. The van der Waals surface area contributed by atoms with Gasteiger partial charge in [0.15, 0.2) is 5.96 Å². The first kappa shape index (κ1) is 20.0. The topological polar surface area (TPSA) is 99.8 Å². The van der Waals surface area contributed by atoms with Gasteiger partial charge in [-0.25, -0.2) is 13.1 Å². The van der Waals surface area contributed by atoms with Gasteiger partial charge in [-0.3, -0.25) is 9.89 Å². The number of benzene rings is 1. The average Bonchev–Trinajstić information content (AvgIpc) is 3.04. The van der Waals surface area contributed by atoms with E-state index in [-0.39, 0.29) is 11.4 Å². The van der Waals surface area contributed by atoms with Crippen LogP contribution in [0, 0.1) is 0 Å². The predicted octanol–water partition coefficient (Wildman–Crippen LogP) is 1.01. The van der Waals surface area contributed by atoms with Crippen LogP contribution in [0.5, 0.6) is 0 Å². The Bertz CT molecular complexity index is 696. The quantitative estimate of drug-likeness (QED) is 0.351. The molecule has 0 amide bonds. The van der Waals surface area contributed by atoms with E-state index >= 15 is 0 Å². The number of nitrogens with zero attached hydrogens (tertiary/aromatic N) is 2. The van der Waals surface area contributed by atoms with Crippen LogP contribution in [0.1, 0.15) is 19.8 Å². The number of hydrogen-bond acceptors (Lipinski definition) is 4. The maximum Gasteiger partial charge on any atom is 0.240 e. The average molecular weight is 388 g/mol. The highest BCUT2D eigenvalue weighted by Crippen LogP contribution is 2.16. The number of nitrogens with one attached hydrogen (secondary N) is 2. The normalized spacial score (nSPS) is 19.3. The fourth-order valence-electron chi connectivity index (χ4n) is 2.87. The molecule has 1 aliphatic heterocycles. The molecule has 2 rings (SSSR count). The molecule has 1 fully saturated rings. The maximum atomic E-state index is 12.1. The van der Waals surface area contributed by atoms with Gasteiger partial charge < -0.3 is 11.1 Å². The second kappa shape index (κ2) is 9.38. The zero-order valence-corrected chi connectivity index (χ0v) is 16.0. The Labute approximate surface area is 154 Å². The first-order valence-electron chi connectivity index (χ1n) is 8.45. The number of nitrogens with two attached hydrogens (primary N) is 1. The third-order valence-corrected chi connectivity index (χ3v) is 5.90. The van der Waals surface area contributed by atoms with Crippen LogP contribution < -0.4 is 15.8 Å². The molecular formula is C16H26ClN5O2S. The lowest BCUT2D eigenvalue weighted by atomic mass is 10.2. The summed E-state index contributed by atoms with van der Waals surface area (Å²) in [6, 6.07) is 6.59. The number of hydrogen-bond donors (Lipinski definition) is 3. The number of guanidine groups is 1. The number of likely N-dealkylation sites (tertiary alicyclic amines) is 1. The van der Waals surface area contributed by atoms with Gasteiger partial charge in [0.1, 0.15) is 0 Å². The first-order valence-corrected chi connectivity index (χ1v) is 10.3. The molecule has 1 aromatic rings. The molecule has 0 bridgehead atoms. The second-order valence-corrected chi connectivity index (χ2v) is 8.14. The van der Waals surface area contributed by atoms with Crippen LogP contribution in [0.25, 0.3) is 0 Å². The molecule has 1 aromatic carbocycles. The number of aliphatic imine (C=N–C) groups is 1. The molecule has 0 spiro atoms. The predicted molar refractivity (Wildman–Crippen MR) is 101 cm³/mol. The minimum absolute atomic E-state index is 0.141. The lowest BCUT2D eigenvalue weighted by Crippen LogP contribution is -2.39. The summed E-state index contributed by atoms with van der Waals surface area (Å²) >= 11 is 5.82. The highest BCUT2D eigenvalue weighted by atomic mass is 35.5. The van der Waals surface area contributed by atoms with Crippen LogP contribution in [0.15, 0.2) is 34.2 Å². The second-order valence-electron chi connectivity index (χ2n) is 5.93. The molecule has 1 atom stereocenters. The lowest BCUT2D eigenvalue weighted by Gasteiger charge is -2.20. The number of halogens is 1. The van der Waals surface area contributed by atoms with Crippen LogP contribution in [0.3, 0.4) is 0 Å². The van der Waals surface area contributed by atoms with E-state index in [2.05, 4.69) is 26.9 Å². The number of rotatable bonds is 8. The van der Waals surface area contributed by atoms with Crippen molar-refractivity contribution in [2.75, 3.05) is 32.7 Å². The molecule has 1 aliphatic rings. The molecule has 1 saturated heterocycles. The third-order valence-electron chi connectivity index (χ3n) is 4.21. The van der Waals surface area contributed by atoms with E-state index in [0.717, 1.165) is 19.5 Å². The van der Waals surface area contributed by atoms with E-state index in [1.807, 2.05) is 0 Å². The van der Waals surface area contributed by atoms with Gasteiger partial charge in [-0.05, 0) is 44.1 Å². The molecule has 0 saturated carbocycles. The molecule has 1 heterocycles. The molecule has 0 radical (unpaired) electrons. The molecule has 9 heteroatoms. The van der Waals surface area contributed by atoms with Crippen molar-refractivity contribution < 1.29 is 8.42 Å². The Balaban J connectivity index is 1.74. The summed E-state index contributed by atoms with van der Waals surface area (Å²) in [6.45, 7) is 5.53. The summed E-state index contributed by atoms with van der Waals surface area (Å²) in [5.74, 6) is 0.338. The van der Waals surface area contributed by atoms with Crippen molar-refractivity contribution in [3.63, 3.8) is 0 Å². The largest absolute Gasteiger partial charge is 0.370 e. The monoisotopic (exact) mass is 387 g/mol. The summed E-state index contributed by atoms with van der Waals surface area (Å²) in [5.41, 5.74) is 5.85. The lowest BCUT2D eigenvalue weighted by molar-refractivity contribution is 0.273.